The fourth-order valence-corrected chi connectivity index (χ4v) is 3.21. The Kier molecular flexibility index (Phi) is 5.54. The molecule has 0 spiro atoms. The molecule has 7 nitrogen and oxygen atoms in total. The van der Waals surface area contributed by atoms with Crippen molar-refractivity contribution in [1.82, 2.24) is 14.9 Å². The fourth-order valence-electron chi connectivity index (χ4n) is 3.21. The van der Waals surface area contributed by atoms with Gasteiger partial charge in [-0.3, -0.25) is 4.79 Å². The number of carbonyl (C=O) groups is 2. The summed E-state index contributed by atoms with van der Waals surface area (Å²) in [6.07, 6.45) is 4.13. The molecule has 0 saturated heterocycles. The first-order valence-electron chi connectivity index (χ1n) is 8.30. The molecule has 1 aliphatic carbocycles. The third-order valence-electron chi connectivity index (χ3n) is 4.69. The minimum atomic E-state index is -1.16. The van der Waals surface area contributed by atoms with Crippen LogP contribution < -0.4 is 0 Å². The molecule has 1 amide bonds. The number of nitrogens with zero attached hydrogens (tertiary/aromatic N) is 3. The van der Waals surface area contributed by atoms with Crippen molar-refractivity contribution in [2.45, 2.75) is 52.7 Å². The third kappa shape index (κ3) is 3.40. The van der Waals surface area contributed by atoms with Crippen LogP contribution in [0.2, 0.25) is 0 Å². The molecule has 0 radical (unpaired) electrons. The molecule has 1 heterocycles. The first-order chi connectivity index (χ1) is 11.3. The van der Waals surface area contributed by atoms with Gasteiger partial charge < -0.3 is 14.7 Å². The van der Waals surface area contributed by atoms with Gasteiger partial charge in [-0.1, -0.05) is 20.8 Å². The lowest BCUT2D eigenvalue weighted by atomic mass is 9.63. The summed E-state index contributed by atoms with van der Waals surface area (Å²) in [5.41, 5.74) is -0.131. The van der Waals surface area contributed by atoms with E-state index in [-0.39, 0.29) is 34.9 Å². The summed E-state index contributed by atoms with van der Waals surface area (Å²) < 4.78 is 5.75. The van der Waals surface area contributed by atoms with E-state index in [1.807, 2.05) is 18.7 Å². The Labute approximate surface area is 142 Å². The highest BCUT2D eigenvalue weighted by Gasteiger charge is 2.52. The maximum Gasteiger partial charge on any atom is 0.356 e. The van der Waals surface area contributed by atoms with E-state index in [1.54, 1.807) is 0 Å². The molecule has 1 fully saturated rings. The Bertz CT molecular complexity index is 600. The van der Waals surface area contributed by atoms with Gasteiger partial charge in [0.05, 0.1) is 18.5 Å². The van der Waals surface area contributed by atoms with Crippen molar-refractivity contribution in [3.63, 3.8) is 0 Å². The third-order valence-corrected chi connectivity index (χ3v) is 4.69. The Morgan fingerprint density at radius 3 is 2.38 bits per heavy atom. The minimum Gasteiger partial charge on any atom is -0.476 e. The van der Waals surface area contributed by atoms with Crippen LogP contribution in [0.5, 0.6) is 0 Å². The van der Waals surface area contributed by atoms with Gasteiger partial charge in [-0.25, -0.2) is 14.8 Å². The average Bonchev–Trinajstić information content (AvgIpc) is 2.56. The van der Waals surface area contributed by atoms with Crippen LogP contribution in [0.4, 0.5) is 0 Å². The summed E-state index contributed by atoms with van der Waals surface area (Å²) in [6, 6.07) is 0.0717. The molecule has 0 bridgehead atoms. The van der Waals surface area contributed by atoms with Crippen molar-refractivity contribution < 1.29 is 19.4 Å². The molecule has 2 atom stereocenters. The number of ether oxygens (including phenoxy) is 1. The summed E-state index contributed by atoms with van der Waals surface area (Å²) >= 11 is 0. The van der Waals surface area contributed by atoms with Crippen molar-refractivity contribution in [2.24, 2.45) is 5.41 Å². The van der Waals surface area contributed by atoms with Crippen LogP contribution in [0.3, 0.4) is 0 Å². The van der Waals surface area contributed by atoms with Crippen LogP contribution in [-0.2, 0) is 4.74 Å². The zero-order chi connectivity index (χ0) is 17.9. The Balaban J connectivity index is 2.18. The second-order valence-corrected chi connectivity index (χ2v) is 6.61. The van der Waals surface area contributed by atoms with E-state index in [4.69, 9.17) is 9.84 Å². The van der Waals surface area contributed by atoms with Crippen LogP contribution in [0.15, 0.2) is 12.4 Å². The Hall–Kier alpha value is -2.02. The molecular weight excluding hydrogens is 310 g/mol. The van der Waals surface area contributed by atoms with Crippen molar-refractivity contribution in [1.29, 1.82) is 0 Å². The van der Waals surface area contributed by atoms with Gasteiger partial charge in [0, 0.05) is 24.6 Å². The second kappa shape index (κ2) is 7.25. The standard InChI is InChI=1S/C17H25N3O4/c1-5-7-20(13-8-14(24-6-2)17(13,3)4)15(21)11-9-19-12(10-18-11)16(22)23/h9-10,13-14H,5-8H2,1-4H3,(H,22,23). The molecule has 1 aliphatic rings. The molecular formula is C17H25N3O4. The van der Waals surface area contributed by atoms with Crippen LogP contribution >= 0.6 is 0 Å². The highest BCUT2D eigenvalue weighted by atomic mass is 16.5. The van der Waals surface area contributed by atoms with E-state index in [0.29, 0.717) is 13.2 Å². The van der Waals surface area contributed by atoms with Gasteiger partial charge in [0.2, 0.25) is 0 Å². The molecule has 2 rings (SSSR count). The maximum absolute atomic E-state index is 12.8. The van der Waals surface area contributed by atoms with Crippen molar-refractivity contribution in [3.8, 4) is 0 Å². The number of rotatable bonds is 7. The molecule has 1 aromatic heterocycles. The van der Waals surface area contributed by atoms with Gasteiger partial charge in [0.1, 0.15) is 5.69 Å². The van der Waals surface area contributed by atoms with Crippen molar-refractivity contribution in [3.05, 3.63) is 23.8 Å². The predicted octanol–water partition coefficient (Wildman–Crippen LogP) is 2.23. The Morgan fingerprint density at radius 1 is 1.29 bits per heavy atom. The summed E-state index contributed by atoms with van der Waals surface area (Å²) in [4.78, 5) is 33.3. The van der Waals surface area contributed by atoms with Crippen LogP contribution in [0.25, 0.3) is 0 Å². The van der Waals surface area contributed by atoms with Gasteiger partial charge in [-0.2, -0.15) is 0 Å². The van der Waals surface area contributed by atoms with E-state index >= 15 is 0 Å². The van der Waals surface area contributed by atoms with Crippen LogP contribution in [0.1, 0.15) is 61.5 Å². The number of aromatic carboxylic acids is 1. The van der Waals surface area contributed by atoms with Crippen LogP contribution in [-0.4, -0.2) is 57.1 Å². The number of hydrogen-bond acceptors (Lipinski definition) is 5. The fraction of sp³-hybridized carbons (Fsp3) is 0.647. The number of aromatic nitrogens is 2. The zero-order valence-corrected chi connectivity index (χ0v) is 14.7. The molecule has 132 valence electrons. The lowest BCUT2D eigenvalue weighted by Gasteiger charge is -2.55. The summed E-state index contributed by atoms with van der Waals surface area (Å²) in [5, 5.41) is 8.88. The molecule has 0 aromatic carbocycles. The summed E-state index contributed by atoms with van der Waals surface area (Å²) in [7, 11) is 0. The lowest BCUT2D eigenvalue weighted by molar-refractivity contribution is -0.140. The van der Waals surface area contributed by atoms with E-state index < -0.39 is 5.97 Å². The number of carboxylic acid groups (broad SMARTS) is 1. The van der Waals surface area contributed by atoms with Crippen LogP contribution in [0, 0.1) is 5.41 Å². The van der Waals surface area contributed by atoms with Gasteiger partial charge in [0.25, 0.3) is 5.91 Å². The topological polar surface area (TPSA) is 92.6 Å². The smallest absolute Gasteiger partial charge is 0.356 e. The van der Waals surface area contributed by atoms with E-state index in [2.05, 4.69) is 23.8 Å². The number of carboxylic acids is 1. The Morgan fingerprint density at radius 2 is 1.92 bits per heavy atom. The molecule has 1 aromatic rings. The van der Waals surface area contributed by atoms with E-state index in [9.17, 15) is 9.59 Å². The monoisotopic (exact) mass is 335 g/mol. The average molecular weight is 335 g/mol. The highest BCUT2D eigenvalue weighted by Crippen LogP contribution is 2.46. The zero-order valence-electron chi connectivity index (χ0n) is 14.7. The predicted molar refractivity (Wildman–Crippen MR) is 87.9 cm³/mol. The highest BCUT2D eigenvalue weighted by molar-refractivity contribution is 5.93. The molecule has 7 heteroatoms. The quantitative estimate of drug-likeness (QED) is 0.821. The normalized spacial score (nSPS) is 21.8. The van der Waals surface area contributed by atoms with Crippen molar-refractivity contribution >= 4 is 11.9 Å². The van der Waals surface area contributed by atoms with Crippen molar-refractivity contribution in [2.75, 3.05) is 13.2 Å². The number of amides is 1. The molecule has 1 saturated carbocycles. The lowest BCUT2D eigenvalue weighted by Crippen LogP contribution is -2.63. The second-order valence-electron chi connectivity index (χ2n) is 6.61. The number of carbonyl (C=O) groups excluding carboxylic acids is 1. The van der Waals surface area contributed by atoms with Gasteiger partial charge in [0.15, 0.2) is 5.69 Å². The van der Waals surface area contributed by atoms with Gasteiger partial charge in [-0.05, 0) is 19.8 Å². The number of hydrogen-bond donors (Lipinski definition) is 1. The largest absolute Gasteiger partial charge is 0.476 e. The van der Waals surface area contributed by atoms with E-state index in [0.717, 1.165) is 19.0 Å². The maximum atomic E-state index is 12.8. The molecule has 24 heavy (non-hydrogen) atoms. The van der Waals surface area contributed by atoms with Gasteiger partial charge in [-0.15, -0.1) is 0 Å². The molecule has 0 aliphatic heterocycles. The molecule has 2 unspecified atom stereocenters. The summed E-state index contributed by atoms with van der Waals surface area (Å²) in [5.74, 6) is -1.37. The first kappa shape index (κ1) is 18.3. The minimum absolute atomic E-state index is 0.0717. The SMILES string of the molecule is CCCN(C(=O)c1cnc(C(=O)O)cn1)C1CC(OCC)C1(C)C. The summed E-state index contributed by atoms with van der Waals surface area (Å²) in [6.45, 7) is 9.48. The molecule has 1 N–H and O–H groups in total. The van der Waals surface area contributed by atoms with Gasteiger partial charge >= 0.3 is 5.97 Å². The first-order valence-corrected chi connectivity index (χ1v) is 8.30. The van der Waals surface area contributed by atoms with E-state index in [1.165, 1.54) is 6.20 Å².